The predicted molar refractivity (Wildman–Crippen MR) is 83.0 cm³/mol. The van der Waals surface area contributed by atoms with Gasteiger partial charge in [-0.05, 0) is 57.1 Å². The van der Waals surface area contributed by atoms with Gasteiger partial charge in [0.1, 0.15) is 0 Å². The molecule has 4 nitrogen and oxygen atoms in total. The lowest BCUT2D eigenvalue weighted by atomic mass is 9.96. The van der Waals surface area contributed by atoms with Crippen molar-refractivity contribution in [3.8, 4) is 0 Å². The molecule has 0 aliphatic carbocycles. The third kappa shape index (κ3) is 3.64. The number of piperidine rings is 1. The SMILES string of the molecule is CN1CCC(CN(C)C(=O)c2ccc(N)c(Cl)c2)CC1. The highest BCUT2D eigenvalue weighted by molar-refractivity contribution is 6.33. The number of anilines is 1. The van der Waals surface area contributed by atoms with E-state index in [4.69, 9.17) is 17.3 Å². The first-order valence-corrected chi connectivity index (χ1v) is 7.34. The Bertz CT molecular complexity index is 484. The third-order valence-corrected chi connectivity index (χ3v) is 4.29. The molecule has 2 rings (SSSR count). The maximum atomic E-state index is 12.4. The van der Waals surface area contributed by atoms with Crippen molar-refractivity contribution in [2.24, 2.45) is 5.92 Å². The van der Waals surface area contributed by atoms with Crippen LogP contribution in [0.4, 0.5) is 5.69 Å². The van der Waals surface area contributed by atoms with Gasteiger partial charge in [-0.25, -0.2) is 0 Å². The summed E-state index contributed by atoms with van der Waals surface area (Å²) in [6.45, 7) is 3.02. The van der Waals surface area contributed by atoms with E-state index in [0.717, 1.165) is 32.5 Å². The van der Waals surface area contributed by atoms with Crippen LogP contribution in [0.1, 0.15) is 23.2 Å². The molecule has 20 heavy (non-hydrogen) atoms. The van der Waals surface area contributed by atoms with Gasteiger partial charge in [-0.1, -0.05) is 11.6 Å². The summed E-state index contributed by atoms with van der Waals surface area (Å²) in [5.41, 5.74) is 6.76. The van der Waals surface area contributed by atoms with Gasteiger partial charge < -0.3 is 15.5 Å². The fourth-order valence-electron chi connectivity index (χ4n) is 2.60. The Morgan fingerprint density at radius 3 is 2.70 bits per heavy atom. The maximum Gasteiger partial charge on any atom is 0.253 e. The highest BCUT2D eigenvalue weighted by Gasteiger charge is 2.21. The van der Waals surface area contributed by atoms with E-state index in [-0.39, 0.29) is 5.91 Å². The lowest BCUT2D eigenvalue weighted by Crippen LogP contribution is -2.37. The van der Waals surface area contributed by atoms with Crippen LogP contribution in [0.25, 0.3) is 0 Å². The van der Waals surface area contributed by atoms with Crippen LogP contribution < -0.4 is 5.73 Å². The third-order valence-electron chi connectivity index (χ3n) is 3.96. The first-order valence-electron chi connectivity index (χ1n) is 6.96. The average molecular weight is 296 g/mol. The minimum atomic E-state index is 0.00540. The van der Waals surface area contributed by atoms with Gasteiger partial charge in [-0.15, -0.1) is 0 Å². The molecule has 1 aromatic rings. The van der Waals surface area contributed by atoms with Crippen molar-refractivity contribution in [2.45, 2.75) is 12.8 Å². The molecule has 1 fully saturated rings. The second-order valence-electron chi connectivity index (χ2n) is 5.67. The second kappa shape index (κ2) is 6.46. The monoisotopic (exact) mass is 295 g/mol. The van der Waals surface area contributed by atoms with E-state index in [1.165, 1.54) is 0 Å². The molecule has 0 unspecified atom stereocenters. The highest BCUT2D eigenvalue weighted by Crippen LogP contribution is 2.22. The van der Waals surface area contributed by atoms with Crippen LogP contribution in [-0.4, -0.2) is 49.4 Å². The molecule has 0 radical (unpaired) electrons. The van der Waals surface area contributed by atoms with Gasteiger partial charge in [-0.2, -0.15) is 0 Å². The summed E-state index contributed by atoms with van der Waals surface area (Å²) in [7, 11) is 3.99. The number of halogens is 1. The summed E-state index contributed by atoms with van der Waals surface area (Å²) in [6, 6.07) is 5.05. The number of hydrogen-bond acceptors (Lipinski definition) is 3. The number of carbonyl (C=O) groups is 1. The van der Waals surface area contributed by atoms with Crippen LogP contribution in [0.3, 0.4) is 0 Å². The predicted octanol–water partition coefficient (Wildman–Crippen LogP) is 2.34. The molecule has 0 saturated carbocycles. The first kappa shape index (κ1) is 15.1. The Labute approximate surface area is 125 Å². The Morgan fingerprint density at radius 1 is 1.45 bits per heavy atom. The molecule has 1 amide bonds. The summed E-state index contributed by atoms with van der Waals surface area (Å²) in [5, 5.41) is 0.434. The zero-order valence-electron chi connectivity index (χ0n) is 12.1. The van der Waals surface area contributed by atoms with E-state index in [1.54, 1.807) is 23.1 Å². The number of amides is 1. The number of benzene rings is 1. The molecule has 1 aliphatic heterocycles. The Morgan fingerprint density at radius 2 is 2.10 bits per heavy atom. The van der Waals surface area contributed by atoms with Gasteiger partial charge in [0.05, 0.1) is 10.7 Å². The molecule has 1 aliphatic rings. The van der Waals surface area contributed by atoms with Gasteiger partial charge in [-0.3, -0.25) is 4.79 Å². The van der Waals surface area contributed by atoms with Crippen LogP contribution in [0.5, 0.6) is 0 Å². The average Bonchev–Trinajstić information content (AvgIpc) is 2.43. The number of carbonyl (C=O) groups excluding carboxylic acids is 1. The molecule has 0 bridgehead atoms. The maximum absolute atomic E-state index is 12.4. The lowest BCUT2D eigenvalue weighted by molar-refractivity contribution is 0.0747. The second-order valence-corrected chi connectivity index (χ2v) is 6.08. The van der Waals surface area contributed by atoms with E-state index in [0.29, 0.717) is 22.2 Å². The number of nitrogens with zero attached hydrogens (tertiary/aromatic N) is 2. The van der Waals surface area contributed by atoms with Gasteiger partial charge in [0.2, 0.25) is 0 Å². The zero-order chi connectivity index (χ0) is 14.7. The van der Waals surface area contributed by atoms with Crippen molar-refractivity contribution in [3.63, 3.8) is 0 Å². The number of likely N-dealkylation sites (tertiary alicyclic amines) is 1. The van der Waals surface area contributed by atoms with E-state index >= 15 is 0 Å². The fraction of sp³-hybridized carbons (Fsp3) is 0.533. The molecule has 0 atom stereocenters. The molecule has 5 heteroatoms. The summed E-state index contributed by atoms with van der Waals surface area (Å²) < 4.78 is 0. The summed E-state index contributed by atoms with van der Waals surface area (Å²) in [5.74, 6) is 0.593. The van der Waals surface area contributed by atoms with Crippen LogP contribution in [0.15, 0.2) is 18.2 Å². The molecule has 2 N–H and O–H groups in total. The molecule has 0 spiro atoms. The lowest BCUT2D eigenvalue weighted by Gasteiger charge is -2.31. The number of nitrogen functional groups attached to an aromatic ring is 1. The van der Waals surface area contributed by atoms with E-state index < -0.39 is 0 Å². The Hall–Kier alpha value is -1.26. The Balaban J connectivity index is 1.96. The first-order chi connectivity index (χ1) is 9.47. The fourth-order valence-corrected chi connectivity index (χ4v) is 2.78. The minimum absolute atomic E-state index is 0.00540. The van der Waals surface area contributed by atoms with E-state index in [2.05, 4.69) is 11.9 Å². The van der Waals surface area contributed by atoms with Gasteiger partial charge in [0, 0.05) is 19.2 Å². The van der Waals surface area contributed by atoms with E-state index in [9.17, 15) is 4.79 Å². The highest BCUT2D eigenvalue weighted by atomic mass is 35.5. The van der Waals surface area contributed by atoms with Crippen molar-refractivity contribution in [1.29, 1.82) is 0 Å². The topological polar surface area (TPSA) is 49.6 Å². The van der Waals surface area contributed by atoms with Gasteiger partial charge in [0.25, 0.3) is 5.91 Å². The largest absolute Gasteiger partial charge is 0.398 e. The van der Waals surface area contributed by atoms with Crippen LogP contribution >= 0.6 is 11.6 Å². The summed E-state index contributed by atoms with van der Waals surface area (Å²) >= 11 is 5.97. The molecule has 1 aromatic carbocycles. The standard InChI is InChI=1S/C15H22ClN3O/c1-18-7-5-11(6-8-18)10-19(2)15(20)12-3-4-14(17)13(16)9-12/h3-4,9,11H,5-8,10,17H2,1-2H3. The zero-order valence-corrected chi connectivity index (χ0v) is 12.9. The quantitative estimate of drug-likeness (QED) is 0.871. The molecular weight excluding hydrogens is 274 g/mol. The van der Waals surface area contributed by atoms with Crippen molar-refractivity contribution in [1.82, 2.24) is 9.80 Å². The van der Waals surface area contributed by atoms with Gasteiger partial charge >= 0.3 is 0 Å². The number of nitrogens with two attached hydrogens (primary N) is 1. The number of rotatable bonds is 3. The molecular formula is C15H22ClN3O. The normalized spacial score (nSPS) is 17.1. The molecule has 1 saturated heterocycles. The number of hydrogen-bond donors (Lipinski definition) is 1. The van der Waals surface area contributed by atoms with Crippen LogP contribution in [0.2, 0.25) is 5.02 Å². The summed E-state index contributed by atoms with van der Waals surface area (Å²) in [4.78, 5) is 16.5. The van der Waals surface area contributed by atoms with E-state index in [1.807, 2.05) is 7.05 Å². The minimum Gasteiger partial charge on any atom is -0.398 e. The molecule has 0 aromatic heterocycles. The van der Waals surface area contributed by atoms with Crippen molar-refractivity contribution in [2.75, 3.05) is 39.5 Å². The summed E-state index contributed by atoms with van der Waals surface area (Å²) in [6.07, 6.45) is 2.30. The van der Waals surface area contributed by atoms with Crippen molar-refractivity contribution < 1.29 is 4.79 Å². The van der Waals surface area contributed by atoms with Crippen molar-refractivity contribution >= 4 is 23.2 Å². The Kier molecular flexibility index (Phi) is 4.89. The molecule has 110 valence electrons. The molecule has 1 heterocycles. The smallest absolute Gasteiger partial charge is 0.253 e. The van der Waals surface area contributed by atoms with Gasteiger partial charge in [0.15, 0.2) is 0 Å². The van der Waals surface area contributed by atoms with Crippen molar-refractivity contribution in [3.05, 3.63) is 28.8 Å². The van der Waals surface area contributed by atoms with Crippen LogP contribution in [0, 0.1) is 5.92 Å². The van der Waals surface area contributed by atoms with Crippen LogP contribution in [-0.2, 0) is 0 Å².